The largest absolute Gasteiger partial charge is 0.481 e. The highest BCUT2D eigenvalue weighted by atomic mass is 16.5. The zero-order chi connectivity index (χ0) is 26.0. The average molecular weight is 489 g/mol. The van der Waals surface area contributed by atoms with Crippen LogP contribution in [0.15, 0.2) is 0 Å². The van der Waals surface area contributed by atoms with E-state index in [2.05, 4.69) is 16.0 Å². The van der Waals surface area contributed by atoms with E-state index in [0.717, 1.165) is 0 Å². The van der Waals surface area contributed by atoms with Gasteiger partial charge < -0.3 is 40.9 Å². The van der Waals surface area contributed by atoms with Gasteiger partial charge in [0.15, 0.2) is 0 Å². The second-order valence-electron chi connectivity index (χ2n) is 8.35. The Bertz CT molecular complexity index is 746. The van der Waals surface area contributed by atoms with Crippen molar-refractivity contribution in [2.75, 3.05) is 20.7 Å². The zero-order valence-corrected chi connectivity index (χ0v) is 19.9. The molecule has 0 unspecified atom stereocenters. The molecule has 1 saturated heterocycles. The molecule has 0 saturated carbocycles. The van der Waals surface area contributed by atoms with Crippen molar-refractivity contribution in [3.05, 3.63) is 0 Å². The fourth-order valence-corrected chi connectivity index (χ4v) is 3.76. The third-order valence-electron chi connectivity index (χ3n) is 5.85. The van der Waals surface area contributed by atoms with E-state index in [1.54, 1.807) is 14.0 Å². The molecule has 0 aliphatic carbocycles. The Balaban J connectivity index is 3.04. The van der Waals surface area contributed by atoms with Gasteiger partial charge in [-0.15, -0.1) is 0 Å². The molecule has 13 heteroatoms. The number of hydrogen-bond donors (Lipinski definition) is 6. The van der Waals surface area contributed by atoms with Crippen LogP contribution in [0.2, 0.25) is 0 Å². The number of amides is 3. The molecule has 0 radical (unpaired) electrons. The Morgan fingerprint density at radius 1 is 1.12 bits per heavy atom. The Labute approximate surface area is 198 Å². The Kier molecular flexibility index (Phi) is 11.9. The summed E-state index contributed by atoms with van der Waals surface area (Å²) in [6, 6.07) is -4.04. The SMILES string of the molecule is CN[C@@H](C)C(=O)N[C@H](C(=O)N1CCC[C@@H](OC)[C@H]1CC(=O)N[C@@H](CCC(=O)O)C(=O)O)[C@H](C)O. The summed E-state index contributed by atoms with van der Waals surface area (Å²) >= 11 is 0. The molecule has 1 aliphatic heterocycles. The van der Waals surface area contributed by atoms with E-state index in [-0.39, 0.29) is 19.4 Å². The van der Waals surface area contributed by atoms with E-state index >= 15 is 0 Å². The van der Waals surface area contributed by atoms with Gasteiger partial charge in [-0.25, -0.2) is 4.79 Å². The molecular weight excluding hydrogens is 452 g/mol. The van der Waals surface area contributed by atoms with Crippen molar-refractivity contribution in [1.82, 2.24) is 20.9 Å². The molecule has 13 nitrogen and oxygen atoms in total. The van der Waals surface area contributed by atoms with Crippen molar-refractivity contribution in [2.24, 2.45) is 0 Å². The van der Waals surface area contributed by atoms with Crippen LogP contribution in [0.1, 0.15) is 46.0 Å². The molecule has 6 atom stereocenters. The van der Waals surface area contributed by atoms with Crippen LogP contribution in [-0.2, 0) is 28.7 Å². The lowest BCUT2D eigenvalue weighted by atomic mass is 9.93. The third kappa shape index (κ3) is 8.54. The first kappa shape index (κ1) is 29.3. The maximum absolute atomic E-state index is 13.3. The molecule has 6 N–H and O–H groups in total. The van der Waals surface area contributed by atoms with Crippen LogP contribution in [0.25, 0.3) is 0 Å². The number of rotatable bonds is 13. The minimum absolute atomic E-state index is 0.249. The number of carbonyl (C=O) groups is 5. The van der Waals surface area contributed by atoms with E-state index in [4.69, 9.17) is 9.84 Å². The van der Waals surface area contributed by atoms with Gasteiger partial charge in [-0.2, -0.15) is 0 Å². The maximum Gasteiger partial charge on any atom is 0.326 e. The summed E-state index contributed by atoms with van der Waals surface area (Å²) < 4.78 is 5.47. The number of likely N-dealkylation sites (N-methyl/N-ethyl adjacent to an activating group) is 1. The van der Waals surface area contributed by atoms with E-state index in [9.17, 15) is 34.2 Å². The van der Waals surface area contributed by atoms with Gasteiger partial charge in [0.1, 0.15) is 12.1 Å². The minimum Gasteiger partial charge on any atom is -0.481 e. The number of carboxylic acids is 2. The van der Waals surface area contributed by atoms with Crippen LogP contribution in [0.5, 0.6) is 0 Å². The summed E-state index contributed by atoms with van der Waals surface area (Å²) in [4.78, 5) is 61.8. The quantitative estimate of drug-likeness (QED) is 0.174. The van der Waals surface area contributed by atoms with Crippen molar-refractivity contribution in [3.8, 4) is 0 Å². The maximum atomic E-state index is 13.3. The van der Waals surface area contributed by atoms with Gasteiger partial charge in [0, 0.05) is 26.5 Å². The predicted octanol–water partition coefficient (Wildman–Crippen LogP) is -1.71. The van der Waals surface area contributed by atoms with Crippen LogP contribution >= 0.6 is 0 Å². The molecule has 0 bridgehead atoms. The van der Waals surface area contributed by atoms with Crippen LogP contribution in [-0.4, -0.2) is 107 Å². The summed E-state index contributed by atoms with van der Waals surface area (Å²) in [5.74, 6) is -4.33. The van der Waals surface area contributed by atoms with Crippen molar-refractivity contribution in [2.45, 2.75) is 82.3 Å². The third-order valence-corrected chi connectivity index (χ3v) is 5.85. The highest BCUT2D eigenvalue weighted by molar-refractivity contribution is 5.91. The molecule has 0 spiro atoms. The number of aliphatic hydroxyl groups is 1. The summed E-state index contributed by atoms with van der Waals surface area (Å²) in [5, 5.41) is 35.9. The first-order valence-corrected chi connectivity index (χ1v) is 11.2. The highest BCUT2D eigenvalue weighted by Crippen LogP contribution is 2.24. The Morgan fingerprint density at radius 2 is 1.76 bits per heavy atom. The number of hydrogen-bond acceptors (Lipinski definition) is 8. The fourth-order valence-electron chi connectivity index (χ4n) is 3.76. The van der Waals surface area contributed by atoms with E-state index in [1.165, 1.54) is 18.9 Å². The predicted molar refractivity (Wildman–Crippen MR) is 119 cm³/mol. The van der Waals surface area contributed by atoms with Crippen LogP contribution in [0.4, 0.5) is 0 Å². The van der Waals surface area contributed by atoms with Crippen molar-refractivity contribution < 1.29 is 44.0 Å². The number of nitrogens with one attached hydrogen (secondary N) is 3. The van der Waals surface area contributed by atoms with Crippen molar-refractivity contribution in [3.63, 3.8) is 0 Å². The molecule has 3 amide bonds. The Morgan fingerprint density at radius 3 is 2.26 bits per heavy atom. The zero-order valence-electron chi connectivity index (χ0n) is 19.9. The average Bonchev–Trinajstić information content (AvgIpc) is 2.78. The number of aliphatic hydroxyl groups excluding tert-OH is 1. The lowest BCUT2D eigenvalue weighted by molar-refractivity contribution is -0.149. The first-order chi connectivity index (χ1) is 15.9. The van der Waals surface area contributed by atoms with Gasteiger partial charge in [0.25, 0.3) is 0 Å². The molecule has 0 aromatic rings. The number of carboxylic acid groups (broad SMARTS) is 2. The van der Waals surface area contributed by atoms with E-state index in [1.807, 2.05) is 0 Å². The second kappa shape index (κ2) is 13.8. The molecule has 194 valence electrons. The van der Waals surface area contributed by atoms with Gasteiger partial charge in [0.2, 0.25) is 17.7 Å². The highest BCUT2D eigenvalue weighted by Gasteiger charge is 2.40. The van der Waals surface area contributed by atoms with Crippen molar-refractivity contribution in [1.29, 1.82) is 0 Å². The van der Waals surface area contributed by atoms with Crippen molar-refractivity contribution >= 4 is 29.7 Å². The molecule has 0 aromatic heterocycles. The lowest BCUT2D eigenvalue weighted by Gasteiger charge is -2.42. The number of aliphatic carboxylic acids is 2. The monoisotopic (exact) mass is 488 g/mol. The summed E-state index contributed by atoms with van der Waals surface area (Å²) in [5.41, 5.74) is 0. The van der Waals surface area contributed by atoms with Gasteiger partial charge in [-0.1, -0.05) is 0 Å². The summed E-state index contributed by atoms with van der Waals surface area (Å²) in [6.07, 6.45) is -1.68. The summed E-state index contributed by atoms with van der Waals surface area (Å²) in [6.45, 7) is 3.21. The summed E-state index contributed by atoms with van der Waals surface area (Å²) in [7, 11) is 3.01. The molecule has 1 fully saturated rings. The van der Waals surface area contributed by atoms with Crippen LogP contribution in [0, 0.1) is 0 Å². The van der Waals surface area contributed by atoms with E-state index in [0.29, 0.717) is 12.8 Å². The number of methoxy groups -OCH3 is 1. The molecule has 1 rings (SSSR count). The van der Waals surface area contributed by atoms with Gasteiger partial charge in [-0.3, -0.25) is 19.2 Å². The number of likely N-dealkylation sites (tertiary alicyclic amines) is 1. The second-order valence-corrected chi connectivity index (χ2v) is 8.35. The normalized spacial score (nSPS) is 21.6. The molecule has 34 heavy (non-hydrogen) atoms. The van der Waals surface area contributed by atoms with Gasteiger partial charge in [-0.05, 0) is 40.2 Å². The molecular formula is C21H36N4O9. The first-order valence-electron chi connectivity index (χ1n) is 11.2. The number of carbonyl (C=O) groups excluding carboxylic acids is 3. The van der Waals surface area contributed by atoms with Gasteiger partial charge in [0.05, 0.1) is 24.3 Å². The number of ether oxygens (including phenoxy) is 1. The lowest BCUT2D eigenvalue weighted by Crippen LogP contribution is -2.62. The van der Waals surface area contributed by atoms with E-state index < -0.39 is 72.5 Å². The Hall–Kier alpha value is -2.77. The van der Waals surface area contributed by atoms with Crippen LogP contribution in [0.3, 0.4) is 0 Å². The molecule has 0 aromatic carbocycles. The molecule has 1 heterocycles. The number of piperidine rings is 1. The topological polar surface area (TPSA) is 195 Å². The van der Waals surface area contributed by atoms with Crippen LogP contribution < -0.4 is 16.0 Å². The van der Waals surface area contributed by atoms with Gasteiger partial charge >= 0.3 is 11.9 Å². The smallest absolute Gasteiger partial charge is 0.326 e. The fraction of sp³-hybridized carbons (Fsp3) is 0.762. The molecule has 1 aliphatic rings. The standard InChI is InChI=1S/C21H36N4O9/c1-11(22-3)19(30)24-18(12(2)26)20(31)25-9-5-6-15(34-4)14(25)10-16(27)23-13(21(32)33)7-8-17(28)29/h11-15,18,22,26H,5-10H2,1-4H3,(H,23,27)(H,24,30)(H,28,29)(H,32,33)/t11-,12-,13-,14+,15+,18-/m0/s1. The number of nitrogens with zero attached hydrogens (tertiary/aromatic N) is 1. The minimum atomic E-state index is -1.40.